The van der Waals surface area contributed by atoms with Crippen molar-refractivity contribution in [2.24, 2.45) is 0 Å². The molecule has 0 radical (unpaired) electrons. The van der Waals surface area contributed by atoms with Gasteiger partial charge in [-0.25, -0.2) is 8.78 Å². The number of hydrogen-bond acceptors (Lipinski definition) is 2. The van der Waals surface area contributed by atoms with Crippen LogP contribution in [0.4, 0.5) is 8.78 Å². The van der Waals surface area contributed by atoms with Gasteiger partial charge in [-0.3, -0.25) is 9.69 Å². The molecule has 1 aliphatic heterocycles. The highest BCUT2D eigenvalue weighted by molar-refractivity contribution is 5.93. The fourth-order valence-corrected chi connectivity index (χ4v) is 3.93. The van der Waals surface area contributed by atoms with Gasteiger partial charge in [-0.1, -0.05) is 36.4 Å². The van der Waals surface area contributed by atoms with E-state index in [2.05, 4.69) is 10.2 Å². The molecule has 0 spiro atoms. The molecule has 2 aromatic carbocycles. The van der Waals surface area contributed by atoms with Crippen LogP contribution in [0.5, 0.6) is 0 Å². The van der Waals surface area contributed by atoms with Crippen LogP contribution in [0.1, 0.15) is 34.5 Å². The van der Waals surface area contributed by atoms with E-state index in [1.165, 1.54) is 12.1 Å². The number of carbonyl (C=O) groups is 1. The summed E-state index contributed by atoms with van der Waals surface area (Å²) in [5, 5.41) is 3.15. The third kappa shape index (κ3) is 4.94. The number of likely N-dealkylation sites (tertiary alicyclic amines) is 1. The van der Waals surface area contributed by atoms with Crippen molar-refractivity contribution < 1.29 is 13.6 Å². The molecule has 156 valence electrons. The number of nitrogens with zero attached hydrogens (tertiary/aromatic N) is 2. The Morgan fingerprint density at radius 3 is 2.40 bits per heavy atom. The lowest BCUT2D eigenvalue weighted by Gasteiger charge is -2.32. The molecule has 0 bridgehead atoms. The van der Waals surface area contributed by atoms with Crippen LogP contribution in [0, 0.1) is 11.6 Å². The standard InChI is InChI=1S/C24H25F2N3O/c25-21-9-8-19(15-22(21)26)16-28-13-10-20(11-14-28)27-24(30)23-7-4-12-29(23)17-18-5-2-1-3-6-18/h1-9,12,15,20H,10-11,13-14,16-17H2,(H,27,30). The van der Waals surface area contributed by atoms with Gasteiger partial charge in [-0.2, -0.15) is 0 Å². The van der Waals surface area contributed by atoms with E-state index in [4.69, 9.17) is 0 Å². The van der Waals surface area contributed by atoms with Crippen LogP contribution in [-0.4, -0.2) is 34.5 Å². The minimum Gasteiger partial charge on any atom is -0.348 e. The molecule has 4 nitrogen and oxygen atoms in total. The Bertz CT molecular complexity index is 995. The van der Waals surface area contributed by atoms with E-state index >= 15 is 0 Å². The number of benzene rings is 2. The van der Waals surface area contributed by atoms with E-state index in [1.54, 1.807) is 6.07 Å². The fourth-order valence-electron chi connectivity index (χ4n) is 3.93. The SMILES string of the molecule is O=C(NC1CCN(Cc2ccc(F)c(F)c2)CC1)c1cccn1Cc1ccccc1. The molecule has 1 aromatic heterocycles. The lowest BCUT2D eigenvalue weighted by atomic mass is 10.0. The fraction of sp³-hybridized carbons (Fsp3) is 0.292. The highest BCUT2D eigenvalue weighted by atomic mass is 19.2. The van der Waals surface area contributed by atoms with Crippen LogP contribution in [0.2, 0.25) is 0 Å². The van der Waals surface area contributed by atoms with Gasteiger partial charge >= 0.3 is 0 Å². The maximum atomic E-state index is 13.4. The predicted octanol–water partition coefficient (Wildman–Crippen LogP) is 4.21. The molecule has 30 heavy (non-hydrogen) atoms. The van der Waals surface area contributed by atoms with Gasteiger partial charge in [0.1, 0.15) is 5.69 Å². The van der Waals surface area contributed by atoms with Crippen molar-refractivity contribution in [2.45, 2.75) is 32.0 Å². The van der Waals surface area contributed by atoms with Crippen LogP contribution in [-0.2, 0) is 13.1 Å². The zero-order chi connectivity index (χ0) is 20.9. The second kappa shape index (κ2) is 9.22. The Labute approximate surface area is 175 Å². The molecule has 0 aliphatic carbocycles. The molecule has 1 amide bonds. The van der Waals surface area contributed by atoms with E-state index in [0.29, 0.717) is 18.8 Å². The Balaban J connectivity index is 1.29. The molecular weight excluding hydrogens is 384 g/mol. The highest BCUT2D eigenvalue weighted by Gasteiger charge is 2.22. The number of nitrogens with one attached hydrogen (secondary N) is 1. The van der Waals surface area contributed by atoms with Gasteiger partial charge in [0.2, 0.25) is 0 Å². The Hall–Kier alpha value is -2.99. The topological polar surface area (TPSA) is 37.3 Å². The quantitative estimate of drug-likeness (QED) is 0.662. The van der Waals surface area contributed by atoms with E-state index in [9.17, 15) is 13.6 Å². The molecule has 0 saturated carbocycles. The number of hydrogen-bond donors (Lipinski definition) is 1. The van der Waals surface area contributed by atoms with Gasteiger partial charge in [0, 0.05) is 38.4 Å². The van der Waals surface area contributed by atoms with Crippen molar-refractivity contribution in [1.82, 2.24) is 14.8 Å². The summed E-state index contributed by atoms with van der Waals surface area (Å²) in [6.07, 6.45) is 3.58. The normalized spacial score (nSPS) is 15.3. The van der Waals surface area contributed by atoms with Gasteiger partial charge in [0.25, 0.3) is 5.91 Å². The number of carbonyl (C=O) groups excluding carboxylic acids is 1. The summed E-state index contributed by atoms with van der Waals surface area (Å²) < 4.78 is 28.4. The number of rotatable bonds is 6. The zero-order valence-corrected chi connectivity index (χ0v) is 16.7. The lowest BCUT2D eigenvalue weighted by Crippen LogP contribution is -2.44. The molecular formula is C24H25F2N3O. The molecule has 1 aliphatic rings. The van der Waals surface area contributed by atoms with Gasteiger partial charge in [-0.15, -0.1) is 0 Å². The van der Waals surface area contributed by atoms with E-state index in [-0.39, 0.29) is 11.9 Å². The molecule has 4 rings (SSSR count). The zero-order valence-electron chi connectivity index (χ0n) is 16.7. The molecule has 1 saturated heterocycles. The van der Waals surface area contributed by atoms with Crippen molar-refractivity contribution in [2.75, 3.05) is 13.1 Å². The maximum absolute atomic E-state index is 13.4. The summed E-state index contributed by atoms with van der Waals surface area (Å²) in [5.74, 6) is -1.69. The van der Waals surface area contributed by atoms with E-state index in [0.717, 1.165) is 37.1 Å². The summed E-state index contributed by atoms with van der Waals surface area (Å²) in [5.41, 5.74) is 2.56. The van der Waals surface area contributed by atoms with Crippen LogP contribution in [0.3, 0.4) is 0 Å². The summed E-state index contributed by atoms with van der Waals surface area (Å²) in [7, 11) is 0. The molecule has 2 heterocycles. The number of aromatic nitrogens is 1. The average molecular weight is 409 g/mol. The first-order valence-electron chi connectivity index (χ1n) is 10.2. The smallest absolute Gasteiger partial charge is 0.268 e. The number of amides is 1. The van der Waals surface area contributed by atoms with Crippen LogP contribution >= 0.6 is 0 Å². The maximum Gasteiger partial charge on any atom is 0.268 e. The van der Waals surface area contributed by atoms with Crippen molar-refractivity contribution in [3.63, 3.8) is 0 Å². The largest absolute Gasteiger partial charge is 0.348 e. The monoisotopic (exact) mass is 409 g/mol. The van der Waals surface area contributed by atoms with Crippen molar-refractivity contribution in [3.05, 3.63) is 95.3 Å². The third-order valence-electron chi connectivity index (χ3n) is 5.57. The van der Waals surface area contributed by atoms with Crippen molar-refractivity contribution >= 4 is 5.91 Å². The second-order valence-electron chi connectivity index (χ2n) is 7.78. The molecule has 6 heteroatoms. The molecule has 0 unspecified atom stereocenters. The third-order valence-corrected chi connectivity index (χ3v) is 5.57. The Morgan fingerprint density at radius 2 is 1.67 bits per heavy atom. The second-order valence-corrected chi connectivity index (χ2v) is 7.78. The number of piperidine rings is 1. The summed E-state index contributed by atoms with van der Waals surface area (Å²) >= 11 is 0. The van der Waals surface area contributed by atoms with Gasteiger partial charge in [0.05, 0.1) is 0 Å². The average Bonchev–Trinajstić information content (AvgIpc) is 3.21. The van der Waals surface area contributed by atoms with Crippen LogP contribution in [0.15, 0.2) is 66.9 Å². The molecule has 3 aromatic rings. The summed E-state index contributed by atoms with van der Waals surface area (Å²) in [4.78, 5) is 15.0. The van der Waals surface area contributed by atoms with E-state index in [1.807, 2.05) is 53.2 Å². The van der Waals surface area contributed by atoms with Gasteiger partial charge in [0.15, 0.2) is 11.6 Å². The lowest BCUT2D eigenvalue weighted by molar-refractivity contribution is 0.0900. The van der Waals surface area contributed by atoms with Crippen molar-refractivity contribution in [3.8, 4) is 0 Å². The first-order chi connectivity index (χ1) is 14.6. The molecule has 0 atom stereocenters. The van der Waals surface area contributed by atoms with Gasteiger partial charge < -0.3 is 9.88 Å². The van der Waals surface area contributed by atoms with Crippen LogP contribution < -0.4 is 5.32 Å². The highest BCUT2D eigenvalue weighted by Crippen LogP contribution is 2.17. The minimum atomic E-state index is -0.822. The predicted molar refractivity (Wildman–Crippen MR) is 112 cm³/mol. The Morgan fingerprint density at radius 1 is 0.900 bits per heavy atom. The minimum absolute atomic E-state index is 0.0602. The molecule has 1 N–H and O–H groups in total. The van der Waals surface area contributed by atoms with Crippen molar-refractivity contribution in [1.29, 1.82) is 0 Å². The van der Waals surface area contributed by atoms with E-state index < -0.39 is 11.6 Å². The molecule has 1 fully saturated rings. The first-order valence-corrected chi connectivity index (χ1v) is 10.2. The number of halogens is 2. The summed E-state index contributed by atoms with van der Waals surface area (Å²) in [6.45, 7) is 2.84. The van der Waals surface area contributed by atoms with Gasteiger partial charge in [-0.05, 0) is 48.2 Å². The first kappa shape index (κ1) is 20.3. The Kier molecular flexibility index (Phi) is 6.23. The summed E-state index contributed by atoms with van der Waals surface area (Å²) in [6, 6.07) is 17.9. The van der Waals surface area contributed by atoms with Crippen LogP contribution in [0.25, 0.3) is 0 Å².